The van der Waals surface area contributed by atoms with Crippen LogP contribution in [0.4, 0.5) is 0 Å². The third-order valence-electron chi connectivity index (χ3n) is 4.21. The van der Waals surface area contributed by atoms with Gasteiger partial charge in [-0.15, -0.1) is 0 Å². The van der Waals surface area contributed by atoms with E-state index in [-0.39, 0.29) is 11.8 Å². The number of methoxy groups -OCH3 is 1. The molecule has 2 N–H and O–H groups in total. The van der Waals surface area contributed by atoms with Crippen LogP contribution in [0.25, 0.3) is 0 Å². The smallest absolute Gasteiger partial charge is 0.339 e. The van der Waals surface area contributed by atoms with Gasteiger partial charge in [-0.1, -0.05) is 0 Å². The highest BCUT2D eigenvalue weighted by atomic mass is 16.5. The van der Waals surface area contributed by atoms with Crippen LogP contribution in [0.1, 0.15) is 39.0 Å². The van der Waals surface area contributed by atoms with Crippen molar-refractivity contribution in [2.45, 2.75) is 26.8 Å². The minimum atomic E-state index is -0.410. The first-order valence-electron chi connectivity index (χ1n) is 7.21. The number of rotatable bonds is 4. The molecule has 1 aromatic heterocycles. The highest BCUT2D eigenvalue weighted by Crippen LogP contribution is 2.19. The van der Waals surface area contributed by atoms with Crippen LogP contribution in [0.3, 0.4) is 0 Å². The maximum absolute atomic E-state index is 12.7. The predicted octanol–water partition coefficient (Wildman–Crippen LogP) is -0.0956. The van der Waals surface area contributed by atoms with Crippen LogP contribution in [-0.4, -0.2) is 56.2 Å². The number of hydrogen-bond donors (Lipinski definition) is 2. The minimum Gasteiger partial charge on any atom is -0.465 e. The first-order chi connectivity index (χ1) is 9.97. The van der Waals surface area contributed by atoms with E-state index < -0.39 is 5.97 Å². The van der Waals surface area contributed by atoms with E-state index in [1.807, 2.05) is 6.92 Å². The van der Waals surface area contributed by atoms with E-state index in [9.17, 15) is 9.59 Å². The number of carbonyl (C=O) groups excluding carboxylic acids is 2. The molecule has 0 saturated carbocycles. The van der Waals surface area contributed by atoms with Gasteiger partial charge in [0.05, 0.1) is 31.6 Å². The number of esters is 1. The molecule has 21 heavy (non-hydrogen) atoms. The molecule has 0 spiro atoms. The van der Waals surface area contributed by atoms with Crippen molar-refractivity contribution in [3.8, 4) is 0 Å². The van der Waals surface area contributed by atoms with E-state index in [1.54, 1.807) is 13.8 Å². The molecule has 2 heterocycles. The molecule has 0 bridgehead atoms. The average Bonchev–Trinajstić information content (AvgIpc) is 2.80. The first-order valence-corrected chi connectivity index (χ1v) is 7.21. The number of Topliss-reactive ketones (excluding diaryl/α,β-unsaturated/α-hetero) is 1. The van der Waals surface area contributed by atoms with Gasteiger partial charge < -0.3 is 19.4 Å². The van der Waals surface area contributed by atoms with Gasteiger partial charge in [-0.05, 0) is 26.3 Å². The molecule has 6 nitrogen and oxygen atoms in total. The lowest BCUT2D eigenvalue weighted by molar-refractivity contribution is -0.921. The van der Waals surface area contributed by atoms with Crippen molar-refractivity contribution in [2.24, 2.45) is 0 Å². The van der Waals surface area contributed by atoms with Crippen LogP contribution in [0, 0.1) is 13.8 Å². The molecule has 6 heteroatoms. The highest BCUT2D eigenvalue weighted by Gasteiger charge is 2.31. The fourth-order valence-corrected chi connectivity index (χ4v) is 2.87. The average molecular weight is 295 g/mol. The molecule has 0 aromatic carbocycles. The maximum Gasteiger partial charge on any atom is 0.339 e. The Kier molecular flexibility index (Phi) is 4.80. The Bertz CT molecular complexity index is 544. The Morgan fingerprint density at radius 1 is 1.29 bits per heavy atom. The number of aromatic amines is 1. The number of H-pyrrole nitrogens is 1. The van der Waals surface area contributed by atoms with Crippen molar-refractivity contribution in [1.29, 1.82) is 0 Å². The zero-order valence-electron chi connectivity index (χ0n) is 13.0. The zero-order valence-corrected chi connectivity index (χ0v) is 13.0. The molecule has 1 aliphatic rings. The lowest BCUT2D eigenvalue weighted by Crippen LogP contribution is -3.18. The Balaban J connectivity index is 2.25. The normalized spacial score (nSPS) is 17.5. The predicted molar refractivity (Wildman–Crippen MR) is 76.9 cm³/mol. The van der Waals surface area contributed by atoms with E-state index in [1.165, 1.54) is 12.0 Å². The lowest BCUT2D eigenvalue weighted by atomic mass is 10.0. The van der Waals surface area contributed by atoms with Crippen LogP contribution in [0.2, 0.25) is 0 Å². The topological polar surface area (TPSA) is 72.8 Å². The summed E-state index contributed by atoms with van der Waals surface area (Å²) in [6.07, 6.45) is 0. The van der Waals surface area contributed by atoms with Crippen molar-refractivity contribution >= 4 is 11.8 Å². The van der Waals surface area contributed by atoms with E-state index in [2.05, 4.69) is 4.98 Å². The van der Waals surface area contributed by atoms with Gasteiger partial charge in [0.15, 0.2) is 6.04 Å². The van der Waals surface area contributed by atoms with Crippen LogP contribution in [0.5, 0.6) is 0 Å². The van der Waals surface area contributed by atoms with Crippen molar-refractivity contribution in [1.82, 2.24) is 4.98 Å². The maximum atomic E-state index is 12.7. The summed E-state index contributed by atoms with van der Waals surface area (Å²) in [7, 11) is 1.34. The summed E-state index contributed by atoms with van der Waals surface area (Å²) in [4.78, 5) is 28.8. The van der Waals surface area contributed by atoms with E-state index in [0.717, 1.165) is 13.1 Å². The molecule has 0 unspecified atom stereocenters. The molecule has 1 aromatic rings. The number of aryl methyl sites for hydroxylation is 1. The Morgan fingerprint density at radius 3 is 2.48 bits per heavy atom. The Morgan fingerprint density at radius 2 is 1.90 bits per heavy atom. The number of nitrogens with one attached hydrogen (secondary N) is 2. The Labute approximate surface area is 124 Å². The minimum absolute atomic E-state index is 0.0302. The number of carbonyl (C=O) groups is 2. The molecule has 1 fully saturated rings. The van der Waals surface area contributed by atoms with Crippen LogP contribution >= 0.6 is 0 Å². The molecule has 0 amide bonds. The van der Waals surface area contributed by atoms with E-state index in [0.29, 0.717) is 35.7 Å². The molecule has 1 aliphatic heterocycles. The molecule has 1 saturated heterocycles. The second kappa shape index (κ2) is 6.41. The van der Waals surface area contributed by atoms with Crippen molar-refractivity contribution < 1.29 is 24.0 Å². The SMILES string of the molecule is COC(=O)c1c(C)[nH]c(C(=O)[C@H](C)[NH+]2CCOCC2)c1C. The fourth-order valence-electron chi connectivity index (χ4n) is 2.87. The third-order valence-corrected chi connectivity index (χ3v) is 4.21. The number of quaternary nitrogens is 1. The standard InChI is InChI=1S/C15H22N2O4/c1-9-12(15(19)20-4)10(2)16-13(9)14(18)11(3)17-5-7-21-8-6-17/h11,16H,5-8H2,1-4H3/p+1/t11-/m0/s1. The molecule has 1 atom stereocenters. The van der Waals surface area contributed by atoms with Crippen molar-refractivity contribution in [3.05, 3.63) is 22.5 Å². The molecular formula is C15H23N2O4+. The van der Waals surface area contributed by atoms with Gasteiger partial charge in [-0.3, -0.25) is 4.79 Å². The van der Waals surface area contributed by atoms with E-state index >= 15 is 0 Å². The second-order valence-corrected chi connectivity index (χ2v) is 5.47. The van der Waals surface area contributed by atoms with Gasteiger partial charge >= 0.3 is 5.97 Å². The number of ketones is 1. The third kappa shape index (κ3) is 3.01. The second-order valence-electron chi connectivity index (χ2n) is 5.47. The highest BCUT2D eigenvalue weighted by molar-refractivity contribution is 6.03. The summed E-state index contributed by atoms with van der Waals surface area (Å²) in [5.74, 6) is -0.380. The largest absolute Gasteiger partial charge is 0.465 e. The first kappa shape index (κ1) is 15.7. The zero-order chi connectivity index (χ0) is 15.6. The summed E-state index contributed by atoms with van der Waals surface area (Å²) < 4.78 is 10.1. The van der Waals surface area contributed by atoms with Gasteiger partial charge in [-0.2, -0.15) is 0 Å². The van der Waals surface area contributed by atoms with Gasteiger partial charge in [-0.25, -0.2) is 4.79 Å². The quantitative estimate of drug-likeness (QED) is 0.601. The molecule has 116 valence electrons. The number of morpholine rings is 1. The molecule has 0 radical (unpaired) electrons. The van der Waals surface area contributed by atoms with Gasteiger partial charge in [0.1, 0.15) is 13.1 Å². The summed E-state index contributed by atoms with van der Waals surface area (Å²) in [6, 6.07) is -0.156. The molecule has 2 rings (SSSR count). The summed E-state index contributed by atoms with van der Waals surface area (Å²) >= 11 is 0. The lowest BCUT2D eigenvalue weighted by Gasteiger charge is -2.28. The van der Waals surface area contributed by atoms with Crippen molar-refractivity contribution in [3.63, 3.8) is 0 Å². The van der Waals surface area contributed by atoms with Crippen LogP contribution in [-0.2, 0) is 9.47 Å². The van der Waals surface area contributed by atoms with E-state index in [4.69, 9.17) is 9.47 Å². The Hall–Kier alpha value is -1.66. The van der Waals surface area contributed by atoms with Gasteiger partial charge in [0.2, 0.25) is 5.78 Å². The number of hydrogen-bond acceptors (Lipinski definition) is 4. The summed E-state index contributed by atoms with van der Waals surface area (Å²) in [5, 5.41) is 0. The molecule has 0 aliphatic carbocycles. The fraction of sp³-hybridized carbons (Fsp3) is 0.600. The van der Waals surface area contributed by atoms with Crippen molar-refractivity contribution in [2.75, 3.05) is 33.4 Å². The van der Waals surface area contributed by atoms with Gasteiger partial charge in [0, 0.05) is 5.69 Å². The molecular weight excluding hydrogens is 272 g/mol. The van der Waals surface area contributed by atoms with Gasteiger partial charge in [0.25, 0.3) is 0 Å². The summed E-state index contributed by atoms with van der Waals surface area (Å²) in [6.45, 7) is 8.51. The number of ether oxygens (including phenoxy) is 2. The number of aromatic nitrogens is 1. The van der Waals surface area contributed by atoms with Crippen LogP contribution in [0.15, 0.2) is 0 Å². The summed E-state index contributed by atoms with van der Waals surface area (Å²) in [5.41, 5.74) is 2.32. The van der Waals surface area contributed by atoms with Crippen LogP contribution < -0.4 is 4.90 Å². The monoisotopic (exact) mass is 295 g/mol.